The van der Waals surface area contributed by atoms with E-state index in [1.165, 1.54) is 6.07 Å². The lowest BCUT2D eigenvalue weighted by molar-refractivity contribution is -0.0123. The van der Waals surface area contributed by atoms with Crippen LogP contribution in [0.2, 0.25) is 0 Å². The Morgan fingerprint density at radius 3 is 2.88 bits per heavy atom. The van der Waals surface area contributed by atoms with Crippen LogP contribution in [0.25, 0.3) is 44.1 Å². The summed E-state index contributed by atoms with van der Waals surface area (Å²) in [6.45, 7) is 4.51. The molecule has 0 spiro atoms. The fourth-order valence-electron chi connectivity index (χ4n) is 7.96. The Labute approximate surface area is 275 Å². The van der Waals surface area contributed by atoms with Crippen LogP contribution in [0.3, 0.4) is 0 Å². The third-order valence-corrected chi connectivity index (χ3v) is 10.0. The quantitative estimate of drug-likeness (QED) is 0.269. The molecule has 48 heavy (non-hydrogen) atoms. The molecule has 3 saturated heterocycles. The molecule has 11 nitrogen and oxygen atoms in total. The third kappa shape index (κ3) is 4.89. The predicted octanol–water partition coefficient (Wildman–Crippen LogP) is 3.98. The summed E-state index contributed by atoms with van der Waals surface area (Å²) >= 11 is 0. The lowest BCUT2D eigenvalue weighted by atomic mass is 9.95. The predicted molar refractivity (Wildman–Crippen MR) is 179 cm³/mol. The minimum Gasteiger partial charge on any atom is -0.461 e. The van der Waals surface area contributed by atoms with Crippen LogP contribution >= 0.6 is 0 Å². The molecule has 3 aliphatic heterocycles. The van der Waals surface area contributed by atoms with Gasteiger partial charge in [-0.05, 0) is 49.9 Å². The Balaban J connectivity index is 1.35. The maximum absolute atomic E-state index is 15.0. The number of halogens is 2. The Bertz CT molecular complexity index is 2150. The van der Waals surface area contributed by atoms with Crippen molar-refractivity contribution in [3.8, 4) is 29.7 Å². The highest BCUT2D eigenvalue weighted by Crippen LogP contribution is 2.43. The maximum Gasteiger partial charge on any atom is 0.320 e. The van der Waals surface area contributed by atoms with Gasteiger partial charge in [0.1, 0.15) is 52.9 Å². The molecule has 5 aromatic rings. The minimum absolute atomic E-state index is 0.0679. The van der Waals surface area contributed by atoms with Gasteiger partial charge in [0, 0.05) is 43.5 Å². The van der Waals surface area contributed by atoms with Crippen LogP contribution in [-0.4, -0.2) is 97.8 Å². The van der Waals surface area contributed by atoms with Gasteiger partial charge in [-0.1, -0.05) is 12.0 Å². The number of alkyl halides is 1. The summed E-state index contributed by atoms with van der Waals surface area (Å²) in [6, 6.07) is 6.61. The van der Waals surface area contributed by atoms with E-state index in [4.69, 9.17) is 36.6 Å². The van der Waals surface area contributed by atoms with E-state index in [-0.39, 0.29) is 37.2 Å². The Kier molecular flexibility index (Phi) is 7.17. The largest absolute Gasteiger partial charge is 0.461 e. The van der Waals surface area contributed by atoms with Crippen LogP contribution in [0.1, 0.15) is 31.7 Å². The van der Waals surface area contributed by atoms with E-state index < -0.39 is 23.1 Å². The number of nitrogen functional groups attached to an aromatic ring is 1. The minimum atomic E-state index is -1.14. The normalized spacial score (nSPS) is 24.8. The third-order valence-electron chi connectivity index (χ3n) is 10.0. The number of ether oxygens (including phenoxy) is 2. The van der Waals surface area contributed by atoms with E-state index in [1.807, 2.05) is 22.6 Å². The summed E-state index contributed by atoms with van der Waals surface area (Å²) in [5, 5.41) is 13.7. The van der Waals surface area contributed by atoms with Crippen LogP contribution in [-0.2, 0) is 11.8 Å². The molecule has 0 radical (unpaired) electrons. The van der Waals surface area contributed by atoms with Crippen LogP contribution < -0.4 is 15.4 Å². The molecule has 0 aliphatic carbocycles. The van der Waals surface area contributed by atoms with Crippen molar-refractivity contribution in [1.82, 2.24) is 29.4 Å². The second-order valence-corrected chi connectivity index (χ2v) is 13.5. The highest BCUT2D eigenvalue weighted by Gasteiger charge is 2.49. The smallest absolute Gasteiger partial charge is 0.320 e. The molecule has 3 aliphatic rings. The number of rotatable bonds is 5. The van der Waals surface area contributed by atoms with Gasteiger partial charge in [0.2, 0.25) is 0 Å². The lowest BCUT2D eigenvalue weighted by Crippen LogP contribution is -2.44. The molecular formula is C35H36F2N8O3. The van der Waals surface area contributed by atoms with Crippen molar-refractivity contribution < 1.29 is 23.4 Å². The van der Waals surface area contributed by atoms with E-state index in [2.05, 4.69) is 15.8 Å². The van der Waals surface area contributed by atoms with E-state index in [0.29, 0.717) is 70.6 Å². The van der Waals surface area contributed by atoms with Gasteiger partial charge in [0.15, 0.2) is 0 Å². The molecule has 0 amide bonds. The summed E-state index contributed by atoms with van der Waals surface area (Å²) in [5.41, 5.74) is 6.78. The average Bonchev–Trinajstić information content (AvgIpc) is 3.63. The van der Waals surface area contributed by atoms with Gasteiger partial charge in [-0.15, -0.1) is 6.42 Å². The van der Waals surface area contributed by atoms with Crippen molar-refractivity contribution >= 4 is 44.3 Å². The Hall–Kier alpha value is -4.64. The zero-order chi connectivity index (χ0) is 33.4. The molecule has 0 unspecified atom stereocenters. The van der Waals surface area contributed by atoms with Crippen LogP contribution in [0.4, 0.5) is 20.4 Å². The number of fused-ring (bicyclic) bond motifs is 5. The highest BCUT2D eigenvalue weighted by atomic mass is 19.1. The van der Waals surface area contributed by atoms with E-state index in [9.17, 15) is 9.50 Å². The standard InChI is InChI=1S/C35H36F2N8O3/c1-4-22-24(37)7-6-20-14-25(38)40-28(26(20)22)29-30-23(8-10-39-29)27-31(43(30)3)41-33(42-32(27)44-12-13-47-18-34(2,46)17-44)48-19-35-9-5-11-45(35)16-21(36)15-35/h1,6-8,10,14,21,46H,5,9,11-13,15-19H2,2-3H3,(H2,38,40)/t21-,34+,35+/m1/s1. The number of anilines is 2. The first-order chi connectivity index (χ1) is 23.1. The number of hydrogen-bond acceptors (Lipinski definition) is 10. The van der Waals surface area contributed by atoms with Gasteiger partial charge in [0.05, 0.1) is 41.8 Å². The summed E-state index contributed by atoms with van der Waals surface area (Å²) in [5.74, 6) is 2.73. The molecule has 0 saturated carbocycles. The van der Waals surface area contributed by atoms with Gasteiger partial charge in [-0.25, -0.2) is 13.8 Å². The number of nitrogens with two attached hydrogens (primary N) is 1. The monoisotopic (exact) mass is 654 g/mol. The van der Waals surface area contributed by atoms with Crippen molar-refractivity contribution in [1.29, 1.82) is 0 Å². The second kappa shape index (κ2) is 11.2. The molecule has 7 heterocycles. The molecule has 3 fully saturated rings. The molecule has 0 bridgehead atoms. The van der Waals surface area contributed by atoms with Crippen LogP contribution in [0.15, 0.2) is 30.5 Å². The fraction of sp³-hybridized carbons (Fsp3) is 0.429. The Morgan fingerprint density at radius 1 is 1.19 bits per heavy atom. The van der Waals surface area contributed by atoms with Crippen molar-refractivity contribution in [2.75, 3.05) is 56.6 Å². The van der Waals surface area contributed by atoms with Crippen LogP contribution in [0, 0.1) is 18.2 Å². The maximum atomic E-state index is 15.0. The number of aromatic nitrogens is 5. The summed E-state index contributed by atoms with van der Waals surface area (Å²) in [4.78, 5) is 23.4. The number of benzene rings is 1. The van der Waals surface area contributed by atoms with Gasteiger partial charge in [-0.2, -0.15) is 9.97 Å². The van der Waals surface area contributed by atoms with Crippen LogP contribution in [0.5, 0.6) is 6.01 Å². The SMILES string of the molecule is C#Cc1c(F)ccc2cc(N)nc(-c3nccc4c5c(N6CCOC[C@@](C)(O)C6)nc(OC[C@@]67CCCN6C[C@H](F)C7)nc5n(C)c34)c12. The zero-order valence-corrected chi connectivity index (χ0v) is 26.8. The molecule has 248 valence electrons. The number of nitrogens with zero attached hydrogens (tertiary/aromatic N) is 7. The van der Waals surface area contributed by atoms with Gasteiger partial charge < -0.3 is 29.8 Å². The number of terminal acetylenes is 1. The molecular weight excluding hydrogens is 618 g/mol. The summed E-state index contributed by atoms with van der Waals surface area (Å²) < 4.78 is 43.6. The van der Waals surface area contributed by atoms with Crippen molar-refractivity contribution in [3.05, 3.63) is 41.8 Å². The Morgan fingerprint density at radius 2 is 2.04 bits per heavy atom. The second-order valence-electron chi connectivity index (χ2n) is 13.5. The van der Waals surface area contributed by atoms with E-state index in [0.717, 1.165) is 24.8 Å². The summed E-state index contributed by atoms with van der Waals surface area (Å²) in [6.07, 6.45) is 8.82. The van der Waals surface area contributed by atoms with Crippen molar-refractivity contribution in [3.63, 3.8) is 0 Å². The molecule has 13 heteroatoms. The molecule has 8 rings (SSSR count). The number of aryl methyl sites for hydroxylation is 1. The number of β-amino-alcohol motifs (C(OH)–C–C–N with tert-alkyl or cyclic N) is 1. The zero-order valence-electron chi connectivity index (χ0n) is 26.8. The average molecular weight is 655 g/mol. The number of hydrogen-bond donors (Lipinski definition) is 2. The molecule has 3 atom stereocenters. The van der Waals surface area contributed by atoms with Gasteiger partial charge in [0.25, 0.3) is 0 Å². The number of pyridine rings is 2. The fourth-order valence-corrected chi connectivity index (χ4v) is 7.96. The first-order valence-corrected chi connectivity index (χ1v) is 16.2. The van der Waals surface area contributed by atoms with Crippen molar-refractivity contribution in [2.24, 2.45) is 7.05 Å². The van der Waals surface area contributed by atoms with Gasteiger partial charge in [-0.3, -0.25) is 9.88 Å². The molecule has 3 N–H and O–H groups in total. The highest BCUT2D eigenvalue weighted by molar-refractivity contribution is 6.16. The van der Waals surface area contributed by atoms with Gasteiger partial charge >= 0.3 is 6.01 Å². The van der Waals surface area contributed by atoms with E-state index >= 15 is 4.39 Å². The van der Waals surface area contributed by atoms with Crippen molar-refractivity contribution in [2.45, 2.75) is 43.5 Å². The first kappa shape index (κ1) is 30.7. The topological polar surface area (TPSA) is 128 Å². The van der Waals surface area contributed by atoms with E-state index in [1.54, 1.807) is 25.3 Å². The summed E-state index contributed by atoms with van der Waals surface area (Å²) in [7, 11) is 1.86. The first-order valence-electron chi connectivity index (χ1n) is 16.2. The molecule has 4 aromatic heterocycles. The molecule has 1 aromatic carbocycles. The number of aliphatic hydroxyl groups is 1. The lowest BCUT2D eigenvalue weighted by Gasteiger charge is -2.31.